The summed E-state index contributed by atoms with van der Waals surface area (Å²) in [4.78, 5) is 36.0. The van der Waals surface area contributed by atoms with Crippen LogP contribution in [0.1, 0.15) is 5.56 Å². The average molecular weight is 335 g/mol. The fraction of sp³-hybridized carbons (Fsp3) is 0.211. The second-order valence-corrected chi connectivity index (χ2v) is 6.08. The molecule has 3 heterocycles. The van der Waals surface area contributed by atoms with Crippen LogP contribution in [-0.4, -0.2) is 40.9 Å². The summed E-state index contributed by atoms with van der Waals surface area (Å²) in [7, 11) is 1.50. The third-order valence-electron chi connectivity index (χ3n) is 4.56. The van der Waals surface area contributed by atoms with E-state index < -0.39 is 12.0 Å². The van der Waals surface area contributed by atoms with Crippen molar-refractivity contribution in [3.63, 3.8) is 0 Å². The van der Waals surface area contributed by atoms with E-state index >= 15 is 0 Å². The zero-order chi connectivity index (χ0) is 17.4. The van der Waals surface area contributed by atoms with E-state index in [1.54, 1.807) is 17.5 Å². The summed E-state index contributed by atoms with van der Waals surface area (Å²) in [5.74, 6) is -1.06. The molecule has 3 atom stereocenters. The molecule has 0 bridgehead atoms. The molecule has 2 aliphatic rings. The van der Waals surface area contributed by atoms with Crippen LogP contribution in [0.25, 0.3) is 6.08 Å². The van der Waals surface area contributed by atoms with Gasteiger partial charge < -0.3 is 0 Å². The van der Waals surface area contributed by atoms with Gasteiger partial charge >= 0.3 is 0 Å². The summed E-state index contributed by atoms with van der Waals surface area (Å²) in [5.41, 5.74) is 1.73. The lowest BCUT2D eigenvalue weighted by Gasteiger charge is -2.25. The highest BCUT2D eigenvalue weighted by Crippen LogP contribution is 2.38. The molecule has 3 unspecified atom stereocenters. The van der Waals surface area contributed by atoms with E-state index in [4.69, 9.17) is 4.84 Å². The zero-order valence-corrected chi connectivity index (χ0v) is 13.6. The molecule has 1 aromatic heterocycles. The number of rotatable bonds is 3. The SMILES string of the molecule is CN1C(=O)C2ON(c3ccccc3)C(/C=C/c3cccnc3)C2C1=O. The van der Waals surface area contributed by atoms with Crippen molar-refractivity contribution in [3.8, 4) is 0 Å². The lowest BCUT2D eigenvalue weighted by Crippen LogP contribution is -2.37. The minimum absolute atomic E-state index is 0.214. The lowest BCUT2D eigenvalue weighted by molar-refractivity contribution is -0.141. The van der Waals surface area contributed by atoms with Crippen LogP contribution in [0.15, 0.2) is 60.9 Å². The average Bonchev–Trinajstić information content (AvgIpc) is 3.14. The predicted molar refractivity (Wildman–Crippen MR) is 92.1 cm³/mol. The normalized spacial score (nSPS) is 25.9. The number of hydrogen-bond acceptors (Lipinski definition) is 5. The van der Waals surface area contributed by atoms with Crippen LogP contribution >= 0.6 is 0 Å². The Morgan fingerprint density at radius 3 is 2.60 bits per heavy atom. The number of aromatic nitrogens is 1. The molecule has 2 fully saturated rings. The van der Waals surface area contributed by atoms with Gasteiger partial charge in [-0.2, -0.15) is 0 Å². The maximum absolute atomic E-state index is 12.5. The molecular weight excluding hydrogens is 318 g/mol. The number of likely N-dealkylation sites (N-methyl/N-ethyl adjacent to an activating group) is 1. The molecule has 2 amide bonds. The van der Waals surface area contributed by atoms with E-state index in [2.05, 4.69) is 4.98 Å². The molecular formula is C19H17N3O3. The van der Waals surface area contributed by atoms with Crippen molar-refractivity contribution < 1.29 is 14.4 Å². The van der Waals surface area contributed by atoms with Gasteiger partial charge in [-0.3, -0.25) is 24.3 Å². The van der Waals surface area contributed by atoms with E-state index in [1.165, 1.54) is 7.05 Å². The number of pyridine rings is 1. The lowest BCUT2D eigenvalue weighted by atomic mass is 9.95. The Labute approximate surface area is 145 Å². The maximum atomic E-state index is 12.5. The van der Waals surface area contributed by atoms with Crippen molar-refractivity contribution in [1.29, 1.82) is 0 Å². The minimum Gasteiger partial charge on any atom is -0.283 e. The first-order valence-corrected chi connectivity index (χ1v) is 8.07. The van der Waals surface area contributed by atoms with Crippen molar-refractivity contribution in [2.45, 2.75) is 12.1 Å². The van der Waals surface area contributed by atoms with Gasteiger partial charge in [0.25, 0.3) is 5.91 Å². The second-order valence-electron chi connectivity index (χ2n) is 6.08. The Balaban J connectivity index is 1.71. The van der Waals surface area contributed by atoms with Gasteiger partial charge in [-0.1, -0.05) is 36.4 Å². The van der Waals surface area contributed by atoms with Gasteiger partial charge in [0.05, 0.1) is 11.7 Å². The summed E-state index contributed by atoms with van der Waals surface area (Å²) in [6.07, 6.45) is 6.47. The molecule has 0 radical (unpaired) electrons. The highest BCUT2D eigenvalue weighted by atomic mass is 16.7. The van der Waals surface area contributed by atoms with Crippen LogP contribution in [0.4, 0.5) is 5.69 Å². The van der Waals surface area contributed by atoms with E-state index in [0.717, 1.165) is 16.2 Å². The number of amides is 2. The van der Waals surface area contributed by atoms with Crippen molar-refractivity contribution in [1.82, 2.24) is 9.88 Å². The predicted octanol–water partition coefficient (Wildman–Crippen LogP) is 1.90. The summed E-state index contributed by atoms with van der Waals surface area (Å²) in [5, 5.41) is 1.66. The number of hydrogen-bond donors (Lipinski definition) is 0. The van der Waals surface area contributed by atoms with Gasteiger partial charge in [0.2, 0.25) is 5.91 Å². The molecule has 2 aromatic rings. The van der Waals surface area contributed by atoms with Gasteiger partial charge in [-0.25, -0.2) is 5.06 Å². The van der Waals surface area contributed by atoms with Crippen molar-refractivity contribution in [3.05, 3.63) is 66.5 Å². The number of fused-ring (bicyclic) bond motifs is 1. The first-order chi connectivity index (χ1) is 12.2. The first-order valence-electron chi connectivity index (χ1n) is 8.07. The number of carbonyl (C=O) groups excluding carboxylic acids is 2. The Kier molecular flexibility index (Phi) is 3.82. The molecule has 0 saturated carbocycles. The van der Waals surface area contributed by atoms with Crippen LogP contribution < -0.4 is 5.06 Å². The number of para-hydroxylation sites is 1. The molecule has 0 aliphatic carbocycles. The third-order valence-corrected chi connectivity index (χ3v) is 4.56. The van der Waals surface area contributed by atoms with E-state index in [0.29, 0.717) is 0 Å². The Bertz CT molecular complexity index is 822. The molecule has 0 spiro atoms. The van der Waals surface area contributed by atoms with Crippen LogP contribution in [0.2, 0.25) is 0 Å². The first kappa shape index (κ1) is 15.5. The quantitative estimate of drug-likeness (QED) is 0.802. The molecule has 6 nitrogen and oxygen atoms in total. The smallest absolute Gasteiger partial charge is 0.261 e. The second kappa shape index (κ2) is 6.14. The molecule has 2 saturated heterocycles. The Morgan fingerprint density at radius 1 is 1.08 bits per heavy atom. The molecule has 4 rings (SSSR count). The minimum atomic E-state index is -0.777. The summed E-state index contributed by atoms with van der Waals surface area (Å²) < 4.78 is 0. The van der Waals surface area contributed by atoms with E-state index in [1.807, 2.05) is 54.6 Å². The van der Waals surface area contributed by atoms with E-state index in [9.17, 15) is 9.59 Å². The van der Waals surface area contributed by atoms with Crippen LogP contribution in [0, 0.1) is 5.92 Å². The number of likely N-dealkylation sites (tertiary alicyclic amines) is 1. The highest BCUT2D eigenvalue weighted by molar-refractivity contribution is 6.07. The van der Waals surface area contributed by atoms with Crippen LogP contribution in [-0.2, 0) is 14.4 Å². The number of benzene rings is 1. The van der Waals surface area contributed by atoms with Crippen molar-refractivity contribution in [2.75, 3.05) is 12.1 Å². The fourth-order valence-electron chi connectivity index (χ4n) is 3.27. The molecule has 2 aliphatic heterocycles. The number of anilines is 1. The summed E-state index contributed by atoms with van der Waals surface area (Å²) >= 11 is 0. The summed E-state index contributed by atoms with van der Waals surface area (Å²) in [6.45, 7) is 0. The van der Waals surface area contributed by atoms with Gasteiger partial charge in [-0.05, 0) is 23.8 Å². The van der Waals surface area contributed by atoms with Crippen LogP contribution in [0.3, 0.4) is 0 Å². The summed E-state index contributed by atoms with van der Waals surface area (Å²) in [6, 6.07) is 12.9. The molecule has 6 heteroatoms. The Hall–Kier alpha value is -2.99. The zero-order valence-electron chi connectivity index (χ0n) is 13.6. The van der Waals surface area contributed by atoms with Crippen molar-refractivity contribution in [2.24, 2.45) is 5.92 Å². The van der Waals surface area contributed by atoms with Crippen LogP contribution in [0.5, 0.6) is 0 Å². The van der Waals surface area contributed by atoms with Gasteiger partial charge in [0.1, 0.15) is 5.92 Å². The molecule has 0 N–H and O–H groups in total. The molecule has 25 heavy (non-hydrogen) atoms. The van der Waals surface area contributed by atoms with Gasteiger partial charge in [0.15, 0.2) is 6.10 Å². The molecule has 126 valence electrons. The van der Waals surface area contributed by atoms with Crippen molar-refractivity contribution >= 4 is 23.6 Å². The number of carbonyl (C=O) groups is 2. The standard InChI is InChI=1S/C19H17N3O3/c1-21-18(23)16-15(10-9-13-6-5-11-20-12-13)22(25-17(16)19(21)24)14-7-3-2-4-8-14/h2-12,15-17H,1H3/b10-9+. The van der Waals surface area contributed by atoms with E-state index in [-0.39, 0.29) is 17.9 Å². The van der Waals surface area contributed by atoms with Gasteiger partial charge in [0, 0.05) is 19.4 Å². The fourth-order valence-corrected chi connectivity index (χ4v) is 3.27. The third kappa shape index (κ3) is 2.60. The number of imide groups is 1. The Morgan fingerprint density at radius 2 is 1.88 bits per heavy atom. The largest absolute Gasteiger partial charge is 0.283 e. The topological polar surface area (TPSA) is 62.7 Å². The number of hydroxylamine groups is 1. The highest BCUT2D eigenvalue weighted by Gasteiger charge is 2.57. The molecule has 1 aromatic carbocycles. The van der Waals surface area contributed by atoms with Gasteiger partial charge in [-0.15, -0.1) is 0 Å². The monoisotopic (exact) mass is 335 g/mol. The number of nitrogens with zero attached hydrogens (tertiary/aromatic N) is 3. The maximum Gasteiger partial charge on any atom is 0.261 e.